The molecule has 6 N–H and O–H groups in total. The normalized spacial score (nSPS) is 21.9. The van der Waals surface area contributed by atoms with Gasteiger partial charge in [0.15, 0.2) is 6.10 Å². The van der Waals surface area contributed by atoms with Crippen molar-refractivity contribution in [2.45, 2.75) is 243 Å². The largest absolute Gasteiger partial charge is 0.472 e. The molecule has 0 aromatic rings. The Morgan fingerprint density at radius 3 is 1.36 bits per heavy atom. The van der Waals surface area contributed by atoms with E-state index in [1.54, 1.807) is 0 Å². The van der Waals surface area contributed by atoms with Crippen LogP contribution in [0.2, 0.25) is 0 Å². The Morgan fingerprint density at radius 2 is 0.891 bits per heavy atom. The molecule has 1 rings (SSSR count). The van der Waals surface area contributed by atoms with Gasteiger partial charge in [0, 0.05) is 12.8 Å². The molecule has 0 aromatic carbocycles. The van der Waals surface area contributed by atoms with Gasteiger partial charge in [0.2, 0.25) is 0 Å². The standard InChI is InChI=1S/C50H89O13P/c1-3-5-7-9-11-13-15-17-19-20-21-22-23-25-26-28-30-32-34-36-38-43(51)60-40-42(41-61-64(58,59)63-50-48(56)46(54)45(53)47(55)49(50)57)62-44(52)39-37-35-33-31-29-27-24-18-16-14-12-10-8-6-4-2/h6,8,12,14,18,24,29,31,42,45-50,53-57H,3-5,7,9-11,13,15-17,19-23,25-28,30,32-41H2,1-2H3,(H,58,59)/b8-6+,14-12+,24-18+,31-29+/t42-,45?,46-,47?,48?,49?,50?/m0/s1. The van der Waals surface area contributed by atoms with E-state index in [0.29, 0.717) is 12.8 Å². The highest BCUT2D eigenvalue weighted by molar-refractivity contribution is 7.47. The van der Waals surface area contributed by atoms with E-state index in [2.05, 4.69) is 62.5 Å². The molecule has 0 aliphatic heterocycles. The number of carbonyl (C=O) groups excluding carboxylic acids is 2. The number of phosphoric acid groups is 1. The lowest BCUT2D eigenvalue weighted by atomic mass is 9.85. The van der Waals surface area contributed by atoms with Crippen molar-refractivity contribution < 1.29 is 63.1 Å². The summed E-state index contributed by atoms with van der Waals surface area (Å²) in [5.74, 6) is -1.14. The fourth-order valence-electron chi connectivity index (χ4n) is 7.46. The Hall–Kier alpha value is -2.19. The fourth-order valence-corrected chi connectivity index (χ4v) is 8.43. The second-order valence-electron chi connectivity index (χ2n) is 17.3. The van der Waals surface area contributed by atoms with Crippen molar-refractivity contribution in [2.24, 2.45) is 0 Å². The Morgan fingerprint density at radius 1 is 0.500 bits per heavy atom. The summed E-state index contributed by atoms with van der Waals surface area (Å²) in [6, 6.07) is 0. The van der Waals surface area contributed by atoms with Crippen LogP contribution in [-0.2, 0) is 32.7 Å². The summed E-state index contributed by atoms with van der Waals surface area (Å²) >= 11 is 0. The lowest BCUT2D eigenvalue weighted by Crippen LogP contribution is -2.64. The van der Waals surface area contributed by atoms with E-state index in [4.69, 9.17) is 18.5 Å². The molecule has 372 valence electrons. The van der Waals surface area contributed by atoms with Gasteiger partial charge in [-0.3, -0.25) is 18.6 Å². The van der Waals surface area contributed by atoms with Crippen molar-refractivity contribution in [2.75, 3.05) is 13.2 Å². The number of aliphatic hydroxyl groups is 5. The first-order chi connectivity index (χ1) is 30.9. The quantitative estimate of drug-likeness (QED) is 0.0146. The summed E-state index contributed by atoms with van der Waals surface area (Å²) in [6.07, 6.45) is 34.6. The smallest absolute Gasteiger partial charge is 0.462 e. The number of unbranched alkanes of at least 4 members (excludes halogenated alkanes) is 21. The van der Waals surface area contributed by atoms with Crippen LogP contribution < -0.4 is 0 Å². The van der Waals surface area contributed by atoms with Crippen LogP contribution >= 0.6 is 7.82 Å². The van der Waals surface area contributed by atoms with Gasteiger partial charge >= 0.3 is 19.8 Å². The Bertz CT molecular complexity index is 1300. The topological polar surface area (TPSA) is 210 Å². The van der Waals surface area contributed by atoms with Gasteiger partial charge in [0.25, 0.3) is 0 Å². The van der Waals surface area contributed by atoms with E-state index in [9.17, 15) is 44.6 Å². The van der Waals surface area contributed by atoms with E-state index in [1.807, 2.05) is 0 Å². The molecule has 0 spiro atoms. The number of rotatable bonds is 41. The van der Waals surface area contributed by atoms with Gasteiger partial charge in [0.05, 0.1) is 6.61 Å². The van der Waals surface area contributed by atoms with Gasteiger partial charge in [-0.15, -0.1) is 0 Å². The van der Waals surface area contributed by atoms with Gasteiger partial charge in [-0.2, -0.15) is 0 Å². The number of ether oxygens (including phenoxy) is 2. The maximum absolute atomic E-state index is 12.8. The molecular weight excluding hydrogens is 840 g/mol. The maximum atomic E-state index is 12.8. The lowest BCUT2D eigenvalue weighted by molar-refractivity contribution is -0.220. The molecule has 1 fully saturated rings. The summed E-state index contributed by atoms with van der Waals surface area (Å²) < 4.78 is 33.5. The van der Waals surface area contributed by atoms with E-state index >= 15 is 0 Å². The van der Waals surface area contributed by atoms with Crippen molar-refractivity contribution in [1.82, 2.24) is 0 Å². The zero-order valence-electron chi connectivity index (χ0n) is 39.6. The zero-order chi connectivity index (χ0) is 47.1. The molecule has 0 aromatic heterocycles. The molecule has 1 aliphatic carbocycles. The molecule has 13 nitrogen and oxygen atoms in total. The molecule has 6 unspecified atom stereocenters. The highest BCUT2D eigenvalue weighted by Crippen LogP contribution is 2.47. The van der Waals surface area contributed by atoms with Crippen molar-refractivity contribution in [1.29, 1.82) is 0 Å². The third-order valence-corrected chi connectivity index (χ3v) is 12.4. The highest BCUT2D eigenvalue weighted by Gasteiger charge is 2.51. The lowest BCUT2D eigenvalue weighted by Gasteiger charge is -2.41. The van der Waals surface area contributed by atoms with Crippen molar-refractivity contribution in [3.8, 4) is 0 Å². The van der Waals surface area contributed by atoms with Crippen LogP contribution in [0.25, 0.3) is 0 Å². The predicted octanol–water partition coefficient (Wildman–Crippen LogP) is 10.3. The Labute approximate surface area is 386 Å². The summed E-state index contributed by atoms with van der Waals surface area (Å²) in [6.45, 7) is 3.17. The minimum Gasteiger partial charge on any atom is -0.462 e. The number of carbonyl (C=O) groups is 2. The van der Waals surface area contributed by atoms with Gasteiger partial charge in [-0.25, -0.2) is 4.57 Å². The monoisotopic (exact) mass is 929 g/mol. The summed E-state index contributed by atoms with van der Waals surface area (Å²) in [5.41, 5.74) is 0. The summed E-state index contributed by atoms with van der Waals surface area (Å²) in [7, 11) is -5.13. The maximum Gasteiger partial charge on any atom is 0.472 e. The van der Waals surface area contributed by atoms with Crippen molar-refractivity contribution >= 4 is 19.8 Å². The fraction of sp³-hybridized carbons (Fsp3) is 0.800. The predicted molar refractivity (Wildman–Crippen MR) is 253 cm³/mol. The Balaban J connectivity index is 2.41. The molecule has 0 amide bonds. The molecule has 14 heteroatoms. The number of esters is 2. The van der Waals surface area contributed by atoms with E-state index < -0.39 is 75.7 Å². The van der Waals surface area contributed by atoms with E-state index in [0.717, 1.165) is 57.8 Å². The molecule has 0 saturated heterocycles. The highest BCUT2D eigenvalue weighted by atomic mass is 31.2. The molecule has 1 aliphatic rings. The Kier molecular flexibility index (Phi) is 37.3. The van der Waals surface area contributed by atoms with Crippen LogP contribution in [0.1, 0.15) is 200 Å². The molecule has 64 heavy (non-hydrogen) atoms. The molecule has 0 radical (unpaired) electrons. The van der Waals surface area contributed by atoms with E-state index in [-0.39, 0.29) is 12.8 Å². The first-order valence-electron chi connectivity index (χ1n) is 24.9. The van der Waals surface area contributed by atoms with Gasteiger partial charge in [-0.05, 0) is 51.4 Å². The number of aliphatic hydroxyl groups excluding tert-OH is 5. The zero-order valence-corrected chi connectivity index (χ0v) is 40.5. The summed E-state index contributed by atoms with van der Waals surface area (Å²) in [4.78, 5) is 35.8. The second kappa shape index (κ2) is 39.9. The van der Waals surface area contributed by atoms with Crippen LogP contribution in [0, 0.1) is 0 Å². The first kappa shape index (κ1) is 59.8. The average Bonchev–Trinajstić information content (AvgIpc) is 3.28. The SMILES string of the molecule is CC/C=C/C/C=C/C/C=C/C/C=C/CCCCC(=O)O[C@@H](COC(=O)CCCCCCCCCCCCCCCCCCCCCC)COP(=O)(O)OC1C(O)C(O)C(O)[C@H](O)C1O. The van der Waals surface area contributed by atoms with Crippen LogP contribution in [0.15, 0.2) is 48.6 Å². The molecule has 0 heterocycles. The minimum absolute atomic E-state index is 0.0449. The summed E-state index contributed by atoms with van der Waals surface area (Å²) in [5, 5.41) is 50.2. The van der Waals surface area contributed by atoms with Crippen LogP contribution in [0.5, 0.6) is 0 Å². The molecular formula is C50H89O13P. The number of allylic oxidation sites excluding steroid dienone is 8. The number of hydrogen-bond donors (Lipinski definition) is 6. The van der Waals surface area contributed by atoms with Crippen LogP contribution in [0.4, 0.5) is 0 Å². The van der Waals surface area contributed by atoms with Crippen molar-refractivity contribution in [3.05, 3.63) is 48.6 Å². The van der Waals surface area contributed by atoms with Gasteiger partial charge in [0.1, 0.15) is 43.2 Å². The van der Waals surface area contributed by atoms with Crippen LogP contribution in [0.3, 0.4) is 0 Å². The molecule has 8 atom stereocenters. The van der Waals surface area contributed by atoms with Crippen LogP contribution in [-0.4, -0.2) is 98.3 Å². The second-order valence-corrected chi connectivity index (χ2v) is 18.7. The van der Waals surface area contributed by atoms with Crippen molar-refractivity contribution in [3.63, 3.8) is 0 Å². The van der Waals surface area contributed by atoms with E-state index in [1.165, 1.54) is 103 Å². The number of hydrogen-bond acceptors (Lipinski definition) is 12. The van der Waals surface area contributed by atoms with Gasteiger partial charge < -0.3 is 39.9 Å². The third-order valence-electron chi connectivity index (χ3n) is 11.4. The number of phosphoric ester groups is 1. The molecule has 1 saturated carbocycles. The van der Waals surface area contributed by atoms with Gasteiger partial charge in [-0.1, -0.05) is 184 Å². The third kappa shape index (κ3) is 31.7. The minimum atomic E-state index is -5.13. The average molecular weight is 929 g/mol. The first-order valence-corrected chi connectivity index (χ1v) is 26.4. The molecule has 0 bridgehead atoms.